The molecule has 1 rings (SSSR count). The number of thiocarbonyl (C=S) groups is 1. The summed E-state index contributed by atoms with van der Waals surface area (Å²) in [5.41, 5.74) is 0. The fraction of sp³-hybridized carbons (Fsp3) is 0.600. The smallest absolute Gasteiger partial charge is 0.229 e. The van der Waals surface area contributed by atoms with Gasteiger partial charge >= 0.3 is 0 Å². The molecule has 0 aromatic rings. The molecule has 0 spiro atoms. The zero-order chi connectivity index (χ0) is 6.85. The van der Waals surface area contributed by atoms with E-state index in [0.29, 0.717) is 4.32 Å². The zero-order valence-electron chi connectivity index (χ0n) is 5.01. The second kappa shape index (κ2) is 2.66. The third kappa shape index (κ3) is 1.66. The molecule has 1 aliphatic rings. The van der Waals surface area contributed by atoms with Crippen LogP contribution >= 0.6 is 24.0 Å². The molecule has 0 radical (unpaired) electrons. The third-order valence-corrected chi connectivity index (χ3v) is 2.62. The van der Waals surface area contributed by atoms with Crippen molar-refractivity contribution in [1.29, 1.82) is 0 Å². The maximum absolute atomic E-state index is 10.8. The Morgan fingerprint density at radius 1 is 1.89 bits per heavy atom. The Morgan fingerprint density at radius 3 is 3.00 bits per heavy atom. The first-order chi connectivity index (χ1) is 4.20. The van der Waals surface area contributed by atoms with E-state index in [1.165, 1.54) is 11.8 Å². The highest BCUT2D eigenvalue weighted by Crippen LogP contribution is 2.14. The van der Waals surface area contributed by atoms with E-state index in [4.69, 9.17) is 12.2 Å². The van der Waals surface area contributed by atoms with Gasteiger partial charge in [-0.3, -0.25) is 4.79 Å². The monoisotopic (exact) mass is 161 g/mol. The van der Waals surface area contributed by atoms with Crippen LogP contribution in [0.25, 0.3) is 0 Å². The average molecular weight is 161 g/mol. The van der Waals surface area contributed by atoms with Crippen molar-refractivity contribution in [3.05, 3.63) is 0 Å². The lowest BCUT2D eigenvalue weighted by atomic mass is 10.2. The van der Waals surface area contributed by atoms with Crippen molar-refractivity contribution in [2.45, 2.75) is 6.92 Å². The van der Waals surface area contributed by atoms with Gasteiger partial charge < -0.3 is 5.32 Å². The highest BCUT2D eigenvalue weighted by molar-refractivity contribution is 8.23. The summed E-state index contributed by atoms with van der Waals surface area (Å²) in [6.45, 7) is 1.89. The first kappa shape index (κ1) is 7.02. The first-order valence-electron chi connectivity index (χ1n) is 2.68. The largest absolute Gasteiger partial charge is 0.311 e. The molecule has 0 aromatic carbocycles. The topological polar surface area (TPSA) is 29.1 Å². The molecule has 1 heterocycles. The minimum atomic E-state index is 0.0544. The molecule has 9 heavy (non-hydrogen) atoms. The summed E-state index contributed by atoms with van der Waals surface area (Å²) in [5, 5.41) is 2.58. The molecule has 1 aliphatic heterocycles. The SMILES string of the molecule is CC1CSC(=S)NC1=O. The molecular formula is C5H7NOS2. The molecule has 1 amide bonds. The average Bonchev–Trinajstić information content (AvgIpc) is 1.80. The zero-order valence-corrected chi connectivity index (χ0v) is 6.64. The van der Waals surface area contributed by atoms with Gasteiger partial charge in [0.1, 0.15) is 4.32 Å². The molecule has 1 atom stereocenters. The summed E-state index contributed by atoms with van der Waals surface area (Å²) in [6.07, 6.45) is 0. The quantitative estimate of drug-likeness (QED) is 0.532. The van der Waals surface area contributed by atoms with Crippen molar-refractivity contribution in [1.82, 2.24) is 5.32 Å². The number of hydrogen-bond acceptors (Lipinski definition) is 3. The molecule has 4 heteroatoms. The molecule has 1 saturated heterocycles. The Labute approximate surface area is 63.4 Å². The number of thioether (sulfide) groups is 1. The van der Waals surface area contributed by atoms with Crippen LogP contribution in [-0.4, -0.2) is 16.0 Å². The van der Waals surface area contributed by atoms with Crippen LogP contribution in [0.5, 0.6) is 0 Å². The molecular weight excluding hydrogens is 154 g/mol. The summed E-state index contributed by atoms with van der Waals surface area (Å²) >= 11 is 6.30. The Hall–Kier alpha value is -0.0900. The summed E-state index contributed by atoms with van der Waals surface area (Å²) < 4.78 is 0.609. The van der Waals surface area contributed by atoms with Gasteiger partial charge in [-0.15, -0.1) is 0 Å². The van der Waals surface area contributed by atoms with Gasteiger partial charge in [-0.25, -0.2) is 0 Å². The van der Waals surface area contributed by atoms with Crippen molar-refractivity contribution in [2.24, 2.45) is 5.92 Å². The second-order valence-electron chi connectivity index (χ2n) is 1.99. The van der Waals surface area contributed by atoms with E-state index >= 15 is 0 Å². The number of carbonyl (C=O) groups is 1. The van der Waals surface area contributed by atoms with Crippen LogP contribution in [0.2, 0.25) is 0 Å². The van der Waals surface area contributed by atoms with E-state index in [-0.39, 0.29) is 11.8 Å². The number of nitrogens with one attached hydrogen (secondary N) is 1. The van der Waals surface area contributed by atoms with Crippen LogP contribution in [-0.2, 0) is 4.79 Å². The molecule has 0 aliphatic carbocycles. The van der Waals surface area contributed by atoms with Crippen LogP contribution in [0.4, 0.5) is 0 Å². The highest BCUT2D eigenvalue weighted by Gasteiger charge is 2.19. The van der Waals surface area contributed by atoms with Crippen molar-refractivity contribution in [2.75, 3.05) is 5.75 Å². The van der Waals surface area contributed by atoms with Crippen molar-refractivity contribution in [3.8, 4) is 0 Å². The Kier molecular flexibility index (Phi) is 2.08. The molecule has 1 N–H and O–H groups in total. The van der Waals surface area contributed by atoms with Gasteiger partial charge in [0, 0.05) is 11.7 Å². The molecule has 1 fully saturated rings. The van der Waals surface area contributed by atoms with Crippen LogP contribution < -0.4 is 5.32 Å². The van der Waals surface area contributed by atoms with Gasteiger partial charge in [-0.2, -0.15) is 0 Å². The molecule has 2 nitrogen and oxygen atoms in total. The Morgan fingerprint density at radius 2 is 2.56 bits per heavy atom. The maximum Gasteiger partial charge on any atom is 0.229 e. The maximum atomic E-state index is 10.8. The van der Waals surface area contributed by atoms with Gasteiger partial charge in [-0.1, -0.05) is 30.9 Å². The minimum absolute atomic E-state index is 0.0544. The van der Waals surface area contributed by atoms with Crippen LogP contribution in [0.1, 0.15) is 6.92 Å². The molecule has 1 unspecified atom stereocenters. The predicted molar refractivity (Wildman–Crippen MR) is 42.4 cm³/mol. The molecule has 0 aromatic heterocycles. The lowest BCUT2D eigenvalue weighted by Gasteiger charge is -2.17. The predicted octanol–water partition coefficient (Wildman–Crippen LogP) is 0.770. The van der Waals surface area contributed by atoms with Gasteiger partial charge in [0.15, 0.2) is 0 Å². The summed E-state index contributed by atoms with van der Waals surface area (Å²) in [7, 11) is 0. The number of carbonyl (C=O) groups excluding carboxylic acids is 1. The Bertz CT molecular complexity index is 157. The lowest BCUT2D eigenvalue weighted by molar-refractivity contribution is -0.122. The van der Waals surface area contributed by atoms with Gasteiger partial charge in [0.05, 0.1) is 0 Å². The number of amides is 1. The summed E-state index contributed by atoms with van der Waals surface area (Å²) in [5.74, 6) is 0.991. The normalized spacial score (nSPS) is 27.9. The van der Waals surface area contributed by atoms with E-state index in [2.05, 4.69) is 5.32 Å². The fourth-order valence-electron chi connectivity index (χ4n) is 0.536. The van der Waals surface area contributed by atoms with Crippen LogP contribution in [0.3, 0.4) is 0 Å². The van der Waals surface area contributed by atoms with E-state index in [9.17, 15) is 4.79 Å². The third-order valence-electron chi connectivity index (χ3n) is 1.14. The highest BCUT2D eigenvalue weighted by atomic mass is 32.2. The van der Waals surface area contributed by atoms with Gasteiger partial charge in [0.25, 0.3) is 0 Å². The first-order valence-corrected chi connectivity index (χ1v) is 4.07. The molecule has 50 valence electrons. The molecule has 0 bridgehead atoms. The van der Waals surface area contributed by atoms with Crippen LogP contribution in [0.15, 0.2) is 0 Å². The van der Waals surface area contributed by atoms with Gasteiger partial charge in [-0.05, 0) is 0 Å². The number of rotatable bonds is 0. The van der Waals surface area contributed by atoms with E-state index < -0.39 is 0 Å². The summed E-state index contributed by atoms with van der Waals surface area (Å²) in [4.78, 5) is 10.8. The van der Waals surface area contributed by atoms with Crippen molar-refractivity contribution < 1.29 is 4.79 Å². The van der Waals surface area contributed by atoms with E-state index in [1.807, 2.05) is 6.92 Å². The van der Waals surface area contributed by atoms with Crippen molar-refractivity contribution in [3.63, 3.8) is 0 Å². The van der Waals surface area contributed by atoms with E-state index in [0.717, 1.165) is 5.75 Å². The van der Waals surface area contributed by atoms with Crippen molar-refractivity contribution >= 4 is 34.2 Å². The lowest BCUT2D eigenvalue weighted by Crippen LogP contribution is -2.37. The minimum Gasteiger partial charge on any atom is -0.311 e. The Balaban J connectivity index is 2.54. The standard InChI is InChI=1S/C5H7NOS2/c1-3-2-9-5(8)6-4(3)7/h3H,2H2,1H3,(H,6,7,8). The number of hydrogen-bond donors (Lipinski definition) is 1. The molecule has 0 saturated carbocycles. The second-order valence-corrected chi connectivity index (χ2v) is 3.69. The summed E-state index contributed by atoms with van der Waals surface area (Å²) in [6, 6.07) is 0. The van der Waals surface area contributed by atoms with Crippen LogP contribution in [0, 0.1) is 5.92 Å². The van der Waals surface area contributed by atoms with Gasteiger partial charge in [0.2, 0.25) is 5.91 Å². The van der Waals surface area contributed by atoms with E-state index in [1.54, 1.807) is 0 Å². The fourth-order valence-corrected chi connectivity index (χ4v) is 1.57.